The van der Waals surface area contributed by atoms with Gasteiger partial charge in [0.2, 0.25) is 5.91 Å². The quantitative estimate of drug-likeness (QED) is 0.734. The molecule has 0 spiro atoms. The summed E-state index contributed by atoms with van der Waals surface area (Å²) < 4.78 is 0. The molecule has 0 radical (unpaired) electrons. The minimum absolute atomic E-state index is 0.100. The molecule has 0 aliphatic carbocycles. The van der Waals surface area contributed by atoms with E-state index in [-0.39, 0.29) is 5.91 Å². The molecular weight excluding hydrogens is 194 g/mol. The third-order valence-electron chi connectivity index (χ3n) is 3.03. The van der Waals surface area contributed by atoms with E-state index in [4.69, 9.17) is 5.11 Å². The summed E-state index contributed by atoms with van der Waals surface area (Å²) in [6.45, 7) is 8.60. The first kappa shape index (κ1) is 13.9. The van der Waals surface area contributed by atoms with Gasteiger partial charge in [0.15, 0.2) is 0 Å². The van der Waals surface area contributed by atoms with E-state index in [2.05, 4.69) is 5.32 Å². The van der Waals surface area contributed by atoms with Crippen LogP contribution in [-0.4, -0.2) is 22.5 Å². The van der Waals surface area contributed by atoms with Gasteiger partial charge in [0.25, 0.3) is 0 Å². The molecule has 0 saturated heterocycles. The molecule has 0 aromatic carbocycles. The Morgan fingerprint density at radius 3 is 2.00 bits per heavy atom. The molecule has 2 N–H and O–H groups in total. The minimum atomic E-state index is -0.990. The summed E-state index contributed by atoms with van der Waals surface area (Å²) in [7, 11) is 0. The number of amides is 1. The Morgan fingerprint density at radius 1 is 1.20 bits per heavy atom. The van der Waals surface area contributed by atoms with Crippen LogP contribution in [0.15, 0.2) is 0 Å². The van der Waals surface area contributed by atoms with E-state index in [1.54, 1.807) is 27.7 Å². The number of carbonyl (C=O) groups excluding carboxylic acids is 1. The maximum Gasteiger partial charge on any atom is 0.311 e. The van der Waals surface area contributed by atoms with Crippen molar-refractivity contribution in [2.75, 3.05) is 0 Å². The Balaban J connectivity index is 4.68. The zero-order chi connectivity index (χ0) is 12.3. The predicted molar refractivity (Wildman–Crippen MR) is 58.5 cm³/mol. The smallest absolute Gasteiger partial charge is 0.311 e. The second-order valence-electron chi connectivity index (χ2n) is 4.85. The summed E-state index contributed by atoms with van der Waals surface area (Å²) in [6, 6.07) is 0. The molecule has 88 valence electrons. The standard InChI is InChI=1S/C11H21NO3/c1-6-7-8(13)12-11(4,5)10(2,3)9(14)15/h6-7H2,1-5H3,(H,12,13)(H,14,15). The zero-order valence-electron chi connectivity index (χ0n) is 10.2. The first-order chi connectivity index (χ1) is 6.65. The molecule has 0 unspecified atom stereocenters. The van der Waals surface area contributed by atoms with E-state index < -0.39 is 16.9 Å². The number of nitrogens with one attached hydrogen (secondary N) is 1. The van der Waals surface area contributed by atoms with Gasteiger partial charge in [-0.15, -0.1) is 0 Å². The van der Waals surface area contributed by atoms with Crippen LogP contribution in [0.25, 0.3) is 0 Å². The molecular formula is C11H21NO3. The highest BCUT2D eigenvalue weighted by atomic mass is 16.4. The normalized spacial score (nSPS) is 12.3. The molecule has 4 heteroatoms. The van der Waals surface area contributed by atoms with Crippen LogP contribution in [-0.2, 0) is 9.59 Å². The van der Waals surface area contributed by atoms with Crippen LogP contribution < -0.4 is 5.32 Å². The fraction of sp³-hybridized carbons (Fsp3) is 0.818. The van der Waals surface area contributed by atoms with Crippen LogP contribution in [0.1, 0.15) is 47.5 Å². The van der Waals surface area contributed by atoms with Crippen molar-refractivity contribution >= 4 is 11.9 Å². The maximum atomic E-state index is 11.4. The second-order valence-corrected chi connectivity index (χ2v) is 4.85. The molecule has 0 aliphatic heterocycles. The lowest BCUT2D eigenvalue weighted by Gasteiger charge is -2.38. The zero-order valence-corrected chi connectivity index (χ0v) is 10.2. The third kappa shape index (κ3) is 3.22. The summed E-state index contributed by atoms with van der Waals surface area (Å²) in [5.74, 6) is -1.01. The second kappa shape index (κ2) is 4.64. The Kier molecular flexibility index (Phi) is 4.31. The van der Waals surface area contributed by atoms with Crippen molar-refractivity contribution in [1.29, 1.82) is 0 Å². The molecule has 0 aliphatic rings. The molecule has 0 rings (SSSR count). The summed E-state index contributed by atoms with van der Waals surface area (Å²) >= 11 is 0. The number of carboxylic acid groups (broad SMARTS) is 1. The lowest BCUT2D eigenvalue weighted by Crippen LogP contribution is -2.56. The number of hydrogen-bond acceptors (Lipinski definition) is 2. The Hall–Kier alpha value is -1.06. The largest absolute Gasteiger partial charge is 0.481 e. The average Bonchev–Trinajstić information content (AvgIpc) is 2.02. The summed E-state index contributed by atoms with van der Waals surface area (Å²) in [6.07, 6.45) is 1.19. The lowest BCUT2D eigenvalue weighted by atomic mass is 9.74. The van der Waals surface area contributed by atoms with Crippen molar-refractivity contribution in [2.45, 2.75) is 53.0 Å². The van der Waals surface area contributed by atoms with E-state index in [1.807, 2.05) is 6.92 Å². The maximum absolute atomic E-state index is 11.4. The van der Waals surface area contributed by atoms with Gasteiger partial charge in [-0.3, -0.25) is 9.59 Å². The van der Waals surface area contributed by atoms with E-state index in [1.165, 1.54) is 0 Å². The number of carboxylic acids is 1. The van der Waals surface area contributed by atoms with E-state index in [0.717, 1.165) is 6.42 Å². The van der Waals surface area contributed by atoms with Gasteiger partial charge in [-0.25, -0.2) is 0 Å². The van der Waals surface area contributed by atoms with Crippen molar-refractivity contribution in [3.05, 3.63) is 0 Å². The van der Waals surface area contributed by atoms with Gasteiger partial charge in [0, 0.05) is 12.0 Å². The van der Waals surface area contributed by atoms with Crippen LogP contribution in [0, 0.1) is 5.41 Å². The first-order valence-corrected chi connectivity index (χ1v) is 5.19. The highest BCUT2D eigenvalue weighted by molar-refractivity contribution is 5.80. The SMILES string of the molecule is CCCC(=O)NC(C)(C)C(C)(C)C(=O)O. The molecule has 1 amide bonds. The van der Waals surface area contributed by atoms with E-state index in [9.17, 15) is 9.59 Å². The van der Waals surface area contributed by atoms with Crippen LogP contribution >= 0.6 is 0 Å². The van der Waals surface area contributed by atoms with Gasteiger partial charge in [-0.1, -0.05) is 6.92 Å². The van der Waals surface area contributed by atoms with Gasteiger partial charge in [0.1, 0.15) is 0 Å². The van der Waals surface area contributed by atoms with Crippen LogP contribution in [0.2, 0.25) is 0 Å². The molecule has 15 heavy (non-hydrogen) atoms. The summed E-state index contributed by atoms with van der Waals surface area (Å²) in [4.78, 5) is 22.5. The van der Waals surface area contributed by atoms with E-state index in [0.29, 0.717) is 6.42 Å². The van der Waals surface area contributed by atoms with Gasteiger partial charge in [-0.2, -0.15) is 0 Å². The molecule has 4 nitrogen and oxygen atoms in total. The number of aliphatic carboxylic acids is 1. The monoisotopic (exact) mass is 215 g/mol. The molecule has 0 fully saturated rings. The molecule has 0 saturated carbocycles. The summed E-state index contributed by atoms with van der Waals surface area (Å²) in [5.41, 5.74) is -1.75. The Bertz CT molecular complexity index is 257. The molecule has 0 heterocycles. The fourth-order valence-electron chi connectivity index (χ4n) is 1.06. The lowest BCUT2D eigenvalue weighted by molar-refractivity contribution is -0.151. The molecule has 0 bridgehead atoms. The third-order valence-corrected chi connectivity index (χ3v) is 3.03. The Labute approximate surface area is 91.1 Å². The molecule has 0 aromatic heterocycles. The van der Waals surface area contributed by atoms with Crippen LogP contribution in [0.5, 0.6) is 0 Å². The Morgan fingerprint density at radius 2 is 1.67 bits per heavy atom. The van der Waals surface area contributed by atoms with Crippen molar-refractivity contribution in [3.8, 4) is 0 Å². The first-order valence-electron chi connectivity index (χ1n) is 5.19. The van der Waals surface area contributed by atoms with Gasteiger partial charge >= 0.3 is 5.97 Å². The summed E-state index contributed by atoms with van der Waals surface area (Å²) in [5, 5.41) is 11.8. The van der Waals surface area contributed by atoms with Crippen LogP contribution in [0.4, 0.5) is 0 Å². The molecule has 0 aromatic rings. The number of rotatable bonds is 5. The van der Waals surface area contributed by atoms with E-state index >= 15 is 0 Å². The average molecular weight is 215 g/mol. The van der Waals surface area contributed by atoms with Crippen LogP contribution in [0.3, 0.4) is 0 Å². The van der Waals surface area contributed by atoms with Gasteiger partial charge in [0.05, 0.1) is 5.41 Å². The van der Waals surface area contributed by atoms with Crippen molar-refractivity contribution in [2.24, 2.45) is 5.41 Å². The molecule has 0 atom stereocenters. The highest BCUT2D eigenvalue weighted by Crippen LogP contribution is 2.30. The van der Waals surface area contributed by atoms with Crippen molar-refractivity contribution in [3.63, 3.8) is 0 Å². The minimum Gasteiger partial charge on any atom is -0.481 e. The fourth-order valence-corrected chi connectivity index (χ4v) is 1.06. The van der Waals surface area contributed by atoms with Crippen molar-refractivity contribution in [1.82, 2.24) is 5.32 Å². The predicted octanol–water partition coefficient (Wildman–Crippen LogP) is 1.79. The highest BCUT2D eigenvalue weighted by Gasteiger charge is 2.44. The number of carbonyl (C=O) groups is 2. The number of hydrogen-bond donors (Lipinski definition) is 2. The topological polar surface area (TPSA) is 66.4 Å². The van der Waals surface area contributed by atoms with Gasteiger partial charge in [-0.05, 0) is 34.1 Å². The van der Waals surface area contributed by atoms with Crippen molar-refractivity contribution < 1.29 is 14.7 Å². The van der Waals surface area contributed by atoms with Gasteiger partial charge < -0.3 is 10.4 Å².